The summed E-state index contributed by atoms with van der Waals surface area (Å²) in [5, 5.41) is 8.73. The summed E-state index contributed by atoms with van der Waals surface area (Å²) in [5.74, 6) is -0.888. The lowest BCUT2D eigenvalue weighted by Gasteiger charge is -2.28. The minimum atomic E-state index is -1.00. The molecule has 3 heteroatoms. The number of allylic oxidation sites excluding steroid dienone is 1. The number of rotatable bonds is 1. The molecule has 0 aliphatic carbocycles. The van der Waals surface area contributed by atoms with Gasteiger partial charge in [-0.25, -0.2) is 4.79 Å². The molecule has 62 valence electrons. The summed E-state index contributed by atoms with van der Waals surface area (Å²) in [6.45, 7) is 3.53. The van der Waals surface area contributed by atoms with Crippen LogP contribution >= 0.6 is 0 Å². The Bertz CT molecular complexity index is 207. The number of carboxylic acids is 1. The first kappa shape index (κ1) is 8.11. The molecule has 1 N–H and O–H groups in total. The SMILES string of the molecule is CC1=COC(C)(C(=O)O)CC1. The van der Waals surface area contributed by atoms with Crippen molar-refractivity contribution in [3.8, 4) is 0 Å². The van der Waals surface area contributed by atoms with Gasteiger partial charge in [-0.2, -0.15) is 0 Å². The second-order valence-corrected chi connectivity index (χ2v) is 3.12. The fourth-order valence-corrected chi connectivity index (χ4v) is 0.942. The van der Waals surface area contributed by atoms with Crippen LogP contribution in [0.2, 0.25) is 0 Å². The molecule has 1 atom stereocenters. The maximum Gasteiger partial charge on any atom is 0.347 e. The van der Waals surface area contributed by atoms with E-state index in [0.717, 1.165) is 12.0 Å². The molecule has 0 amide bonds. The van der Waals surface area contributed by atoms with E-state index in [0.29, 0.717) is 6.42 Å². The minimum absolute atomic E-state index is 0.560. The van der Waals surface area contributed by atoms with Crippen LogP contribution in [0.5, 0.6) is 0 Å². The Hall–Kier alpha value is -0.990. The Labute approximate surface area is 65.7 Å². The average Bonchev–Trinajstić information content (AvgIpc) is 1.95. The van der Waals surface area contributed by atoms with E-state index < -0.39 is 11.6 Å². The smallest absolute Gasteiger partial charge is 0.347 e. The third-order valence-electron chi connectivity index (χ3n) is 1.97. The molecule has 0 fully saturated rings. The number of ether oxygens (including phenoxy) is 1. The molecule has 0 aromatic carbocycles. The van der Waals surface area contributed by atoms with E-state index in [2.05, 4.69) is 0 Å². The van der Waals surface area contributed by atoms with Gasteiger partial charge in [0.1, 0.15) is 0 Å². The van der Waals surface area contributed by atoms with Crippen LogP contribution in [0, 0.1) is 0 Å². The van der Waals surface area contributed by atoms with Crippen LogP contribution in [-0.2, 0) is 9.53 Å². The topological polar surface area (TPSA) is 46.5 Å². The van der Waals surface area contributed by atoms with Gasteiger partial charge < -0.3 is 9.84 Å². The van der Waals surface area contributed by atoms with Gasteiger partial charge in [0.25, 0.3) is 0 Å². The van der Waals surface area contributed by atoms with Gasteiger partial charge >= 0.3 is 5.97 Å². The van der Waals surface area contributed by atoms with Gasteiger partial charge in [0, 0.05) is 6.42 Å². The summed E-state index contributed by atoms with van der Waals surface area (Å²) in [6, 6.07) is 0. The molecule has 0 aromatic rings. The van der Waals surface area contributed by atoms with Gasteiger partial charge in [-0.3, -0.25) is 0 Å². The van der Waals surface area contributed by atoms with E-state index in [1.54, 1.807) is 6.92 Å². The number of carbonyl (C=O) groups is 1. The molecule has 1 heterocycles. The first-order valence-electron chi connectivity index (χ1n) is 3.61. The molecule has 0 saturated heterocycles. The molecule has 1 unspecified atom stereocenters. The molecular formula is C8H12O3. The quantitative estimate of drug-likeness (QED) is 0.626. The largest absolute Gasteiger partial charge is 0.484 e. The monoisotopic (exact) mass is 156 g/mol. The lowest BCUT2D eigenvalue weighted by Crippen LogP contribution is -2.38. The predicted octanol–water partition coefficient (Wildman–Crippen LogP) is 1.54. The predicted molar refractivity (Wildman–Crippen MR) is 40.1 cm³/mol. The Morgan fingerprint density at radius 1 is 1.82 bits per heavy atom. The zero-order chi connectivity index (χ0) is 8.48. The summed E-state index contributed by atoms with van der Waals surface area (Å²) in [6.07, 6.45) is 2.91. The van der Waals surface area contributed by atoms with E-state index >= 15 is 0 Å². The molecule has 0 aromatic heterocycles. The second-order valence-electron chi connectivity index (χ2n) is 3.12. The molecule has 3 nitrogen and oxygen atoms in total. The Morgan fingerprint density at radius 2 is 2.45 bits per heavy atom. The van der Waals surface area contributed by atoms with Gasteiger partial charge in [-0.05, 0) is 25.8 Å². The van der Waals surface area contributed by atoms with Gasteiger partial charge in [-0.15, -0.1) is 0 Å². The lowest BCUT2D eigenvalue weighted by molar-refractivity contribution is -0.159. The zero-order valence-electron chi connectivity index (χ0n) is 6.76. The van der Waals surface area contributed by atoms with Crippen molar-refractivity contribution in [1.29, 1.82) is 0 Å². The minimum Gasteiger partial charge on any atom is -0.484 e. The Kier molecular flexibility index (Phi) is 1.89. The van der Waals surface area contributed by atoms with Crippen LogP contribution in [0.25, 0.3) is 0 Å². The van der Waals surface area contributed by atoms with E-state index in [-0.39, 0.29) is 0 Å². The van der Waals surface area contributed by atoms with Crippen LogP contribution in [-0.4, -0.2) is 16.7 Å². The molecule has 0 radical (unpaired) electrons. The van der Waals surface area contributed by atoms with E-state index in [4.69, 9.17) is 9.84 Å². The Balaban J connectivity index is 2.71. The van der Waals surface area contributed by atoms with Crippen molar-refractivity contribution in [2.45, 2.75) is 32.3 Å². The van der Waals surface area contributed by atoms with Gasteiger partial charge in [0.15, 0.2) is 0 Å². The van der Waals surface area contributed by atoms with E-state index in [1.807, 2.05) is 6.92 Å². The highest BCUT2D eigenvalue weighted by Crippen LogP contribution is 2.26. The van der Waals surface area contributed by atoms with Crippen LogP contribution in [0.15, 0.2) is 11.8 Å². The summed E-state index contributed by atoms with van der Waals surface area (Å²) in [4.78, 5) is 10.6. The third kappa shape index (κ3) is 1.53. The normalized spacial score (nSPS) is 30.5. The second kappa shape index (κ2) is 2.57. The summed E-state index contributed by atoms with van der Waals surface area (Å²) in [7, 11) is 0. The molecular weight excluding hydrogens is 144 g/mol. The van der Waals surface area contributed by atoms with Gasteiger partial charge in [0.2, 0.25) is 5.60 Å². The summed E-state index contributed by atoms with van der Waals surface area (Å²) < 4.78 is 5.08. The van der Waals surface area contributed by atoms with Gasteiger partial charge in [-0.1, -0.05) is 0 Å². The molecule has 1 aliphatic heterocycles. The molecule has 0 saturated carbocycles. The first-order chi connectivity index (χ1) is 5.04. The maximum atomic E-state index is 10.6. The van der Waals surface area contributed by atoms with Crippen molar-refractivity contribution in [3.63, 3.8) is 0 Å². The van der Waals surface area contributed by atoms with Crippen molar-refractivity contribution < 1.29 is 14.6 Å². The summed E-state index contributed by atoms with van der Waals surface area (Å²) >= 11 is 0. The van der Waals surface area contributed by atoms with E-state index in [9.17, 15) is 4.79 Å². The van der Waals surface area contributed by atoms with Crippen molar-refractivity contribution in [3.05, 3.63) is 11.8 Å². The number of aliphatic carboxylic acids is 1. The Morgan fingerprint density at radius 3 is 2.82 bits per heavy atom. The first-order valence-corrected chi connectivity index (χ1v) is 3.61. The van der Waals surface area contributed by atoms with Crippen molar-refractivity contribution in [1.82, 2.24) is 0 Å². The highest BCUT2D eigenvalue weighted by atomic mass is 16.5. The summed E-state index contributed by atoms with van der Waals surface area (Å²) in [5.41, 5.74) is 0.100. The molecule has 11 heavy (non-hydrogen) atoms. The van der Waals surface area contributed by atoms with Crippen molar-refractivity contribution in [2.24, 2.45) is 0 Å². The third-order valence-corrected chi connectivity index (χ3v) is 1.97. The van der Waals surface area contributed by atoms with Crippen LogP contribution in [0.3, 0.4) is 0 Å². The fraction of sp³-hybridized carbons (Fsp3) is 0.625. The standard InChI is InChI=1S/C8H12O3/c1-6-3-4-8(2,7(9)10)11-5-6/h5H,3-4H2,1-2H3,(H,9,10). The molecule has 1 aliphatic rings. The average molecular weight is 156 g/mol. The molecule has 1 rings (SSSR count). The number of hydrogen-bond donors (Lipinski definition) is 1. The van der Waals surface area contributed by atoms with Crippen molar-refractivity contribution >= 4 is 5.97 Å². The van der Waals surface area contributed by atoms with Crippen molar-refractivity contribution in [2.75, 3.05) is 0 Å². The maximum absolute atomic E-state index is 10.6. The zero-order valence-corrected chi connectivity index (χ0v) is 6.76. The molecule has 0 bridgehead atoms. The number of hydrogen-bond acceptors (Lipinski definition) is 2. The highest BCUT2D eigenvalue weighted by Gasteiger charge is 2.35. The van der Waals surface area contributed by atoms with Gasteiger partial charge in [0.05, 0.1) is 6.26 Å². The highest BCUT2D eigenvalue weighted by molar-refractivity contribution is 5.77. The fourth-order valence-electron chi connectivity index (χ4n) is 0.942. The van der Waals surface area contributed by atoms with Crippen LogP contribution < -0.4 is 0 Å². The van der Waals surface area contributed by atoms with Crippen LogP contribution in [0.4, 0.5) is 0 Å². The van der Waals surface area contributed by atoms with Crippen LogP contribution in [0.1, 0.15) is 26.7 Å². The lowest BCUT2D eigenvalue weighted by atomic mass is 9.95. The van der Waals surface area contributed by atoms with E-state index in [1.165, 1.54) is 6.26 Å². The molecule has 0 spiro atoms. The number of carboxylic acid groups (broad SMARTS) is 1.